The minimum atomic E-state index is -0.451. The van der Waals surface area contributed by atoms with Crippen molar-refractivity contribution in [1.29, 1.82) is 5.26 Å². The number of likely N-dealkylation sites (tertiary alicyclic amines) is 1. The van der Waals surface area contributed by atoms with Gasteiger partial charge in [0.15, 0.2) is 0 Å². The average Bonchev–Trinajstić information content (AvgIpc) is 2.57. The van der Waals surface area contributed by atoms with Crippen LogP contribution in [0.25, 0.3) is 0 Å². The van der Waals surface area contributed by atoms with E-state index in [1.165, 1.54) is 0 Å². The van der Waals surface area contributed by atoms with Gasteiger partial charge in [-0.2, -0.15) is 5.26 Å². The van der Waals surface area contributed by atoms with Gasteiger partial charge in [0.1, 0.15) is 6.04 Å². The summed E-state index contributed by atoms with van der Waals surface area (Å²) in [5.74, 6) is 1.11. The van der Waals surface area contributed by atoms with E-state index in [1.807, 2.05) is 13.8 Å². The number of nitrogens with zero attached hydrogens (tertiary/aromatic N) is 2. The number of carbonyl (C=O) groups excluding carboxylic acids is 1. The van der Waals surface area contributed by atoms with Crippen molar-refractivity contribution in [2.24, 2.45) is 23.5 Å². The molecule has 1 saturated carbocycles. The zero-order valence-corrected chi connectivity index (χ0v) is 10.6. The number of hydrogen-bond acceptors (Lipinski definition) is 3. The topological polar surface area (TPSA) is 70.1 Å². The summed E-state index contributed by atoms with van der Waals surface area (Å²) in [4.78, 5) is 14.0. The van der Waals surface area contributed by atoms with E-state index in [2.05, 4.69) is 6.07 Å². The van der Waals surface area contributed by atoms with Crippen LogP contribution in [0.2, 0.25) is 0 Å². The molecule has 1 aliphatic carbocycles. The molecule has 94 valence electrons. The zero-order valence-electron chi connectivity index (χ0n) is 10.6. The van der Waals surface area contributed by atoms with Gasteiger partial charge in [0.25, 0.3) is 0 Å². The standard InChI is InChI=1S/C13H21N3O/c1-3-8(2)12(15)13(17)16-7-9-4-5-10(9)11(16)6-14/h8-12H,3-5,7,15H2,1-2H3/t8?,9-,10?,11-,12+/m1/s1. The zero-order chi connectivity index (χ0) is 12.6. The number of hydrogen-bond donors (Lipinski definition) is 1. The summed E-state index contributed by atoms with van der Waals surface area (Å²) in [5.41, 5.74) is 5.98. The van der Waals surface area contributed by atoms with Crippen LogP contribution in [0.15, 0.2) is 0 Å². The number of nitriles is 1. The number of carbonyl (C=O) groups is 1. The molecule has 0 bridgehead atoms. The number of rotatable bonds is 3. The Bertz CT molecular complexity index is 349. The van der Waals surface area contributed by atoms with E-state index in [0.717, 1.165) is 25.8 Å². The molecule has 1 amide bonds. The minimum absolute atomic E-state index is 0.0275. The van der Waals surface area contributed by atoms with Crippen molar-refractivity contribution in [2.45, 2.75) is 45.2 Å². The van der Waals surface area contributed by atoms with Crippen LogP contribution in [0, 0.1) is 29.1 Å². The summed E-state index contributed by atoms with van der Waals surface area (Å²) >= 11 is 0. The van der Waals surface area contributed by atoms with Crippen LogP contribution in [0.3, 0.4) is 0 Å². The van der Waals surface area contributed by atoms with E-state index in [1.54, 1.807) is 4.90 Å². The van der Waals surface area contributed by atoms with Crippen molar-refractivity contribution in [3.05, 3.63) is 0 Å². The average molecular weight is 235 g/mol. The molecule has 4 nitrogen and oxygen atoms in total. The lowest BCUT2D eigenvalue weighted by Crippen LogP contribution is -2.49. The molecule has 0 aromatic carbocycles. The molecule has 1 saturated heterocycles. The monoisotopic (exact) mass is 235 g/mol. The number of amides is 1. The van der Waals surface area contributed by atoms with Gasteiger partial charge in [-0.3, -0.25) is 4.79 Å². The first-order chi connectivity index (χ1) is 8.10. The fourth-order valence-corrected chi connectivity index (χ4v) is 2.92. The molecule has 2 fully saturated rings. The highest BCUT2D eigenvalue weighted by Gasteiger charge is 2.49. The first kappa shape index (κ1) is 12.4. The quantitative estimate of drug-likeness (QED) is 0.797. The third kappa shape index (κ3) is 1.93. The van der Waals surface area contributed by atoms with E-state index >= 15 is 0 Å². The molecule has 0 radical (unpaired) electrons. The van der Waals surface area contributed by atoms with Crippen LogP contribution in [-0.4, -0.2) is 29.4 Å². The Labute approximate surface area is 103 Å². The van der Waals surface area contributed by atoms with E-state index in [4.69, 9.17) is 5.73 Å². The molecule has 2 aliphatic rings. The largest absolute Gasteiger partial charge is 0.325 e. The highest BCUT2D eigenvalue weighted by atomic mass is 16.2. The third-order valence-electron chi connectivity index (χ3n) is 4.61. The van der Waals surface area contributed by atoms with Gasteiger partial charge in [-0.15, -0.1) is 0 Å². The normalized spacial score (nSPS) is 34.5. The van der Waals surface area contributed by atoms with Crippen molar-refractivity contribution < 1.29 is 4.79 Å². The summed E-state index contributed by atoms with van der Waals surface area (Å²) in [6.45, 7) is 4.77. The second-order valence-electron chi connectivity index (χ2n) is 5.48. The fraction of sp³-hybridized carbons (Fsp3) is 0.846. The maximum absolute atomic E-state index is 12.3. The van der Waals surface area contributed by atoms with Crippen LogP contribution < -0.4 is 5.73 Å². The molecule has 0 aromatic rings. The molecule has 1 heterocycles. The highest BCUT2D eigenvalue weighted by molar-refractivity contribution is 5.83. The first-order valence-corrected chi connectivity index (χ1v) is 6.55. The molecule has 2 rings (SSSR count). The van der Waals surface area contributed by atoms with Crippen LogP contribution in [0.4, 0.5) is 0 Å². The predicted octanol–water partition coefficient (Wildman–Crippen LogP) is 1.12. The second-order valence-corrected chi connectivity index (χ2v) is 5.48. The van der Waals surface area contributed by atoms with Crippen LogP contribution >= 0.6 is 0 Å². The molecule has 4 heteroatoms. The van der Waals surface area contributed by atoms with Gasteiger partial charge in [-0.25, -0.2) is 0 Å². The molecular formula is C13H21N3O. The Morgan fingerprint density at radius 1 is 1.59 bits per heavy atom. The van der Waals surface area contributed by atoms with Crippen LogP contribution in [0.5, 0.6) is 0 Å². The second kappa shape index (κ2) is 4.66. The summed E-state index contributed by atoms with van der Waals surface area (Å²) in [6, 6.07) is 1.61. The van der Waals surface area contributed by atoms with Gasteiger partial charge >= 0.3 is 0 Å². The van der Waals surface area contributed by atoms with Gasteiger partial charge in [0, 0.05) is 6.54 Å². The van der Waals surface area contributed by atoms with E-state index in [0.29, 0.717) is 11.8 Å². The summed E-state index contributed by atoms with van der Waals surface area (Å²) < 4.78 is 0. The molecule has 0 spiro atoms. The summed E-state index contributed by atoms with van der Waals surface area (Å²) in [6.07, 6.45) is 3.14. The van der Waals surface area contributed by atoms with Crippen LogP contribution in [-0.2, 0) is 4.79 Å². The van der Waals surface area contributed by atoms with Crippen LogP contribution in [0.1, 0.15) is 33.1 Å². The lowest BCUT2D eigenvalue weighted by atomic mass is 9.73. The summed E-state index contributed by atoms with van der Waals surface area (Å²) in [5, 5.41) is 9.20. The van der Waals surface area contributed by atoms with Gasteiger partial charge in [-0.05, 0) is 30.6 Å². The van der Waals surface area contributed by atoms with Crippen molar-refractivity contribution in [2.75, 3.05) is 6.54 Å². The maximum atomic E-state index is 12.3. The van der Waals surface area contributed by atoms with Gasteiger partial charge in [-0.1, -0.05) is 20.3 Å². The minimum Gasteiger partial charge on any atom is -0.325 e. The SMILES string of the molecule is CCC(C)[C@H](N)C(=O)N1C[C@H]2CCC2[C@H]1C#N. The Morgan fingerprint density at radius 2 is 2.29 bits per heavy atom. The molecule has 1 aliphatic heterocycles. The molecular weight excluding hydrogens is 214 g/mol. The third-order valence-corrected chi connectivity index (χ3v) is 4.61. The Morgan fingerprint density at radius 3 is 2.76 bits per heavy atom. The molecule has 17 heavy (non-hydrogen) atoms. The smallest absolute Gasteiger partial charge is 0.240 e. The van der Waals surface area contributed by atoms with E-state index < -0.39 is 6.04 Å². The van der Waals surface area contributed by atoms with E-state index in [-0.39, 0.29) is 17.9 Å². The first-order valence-electron chi connectivity index (χ1n) is 6.55. The Hall–Kier alpha value is -1.08. The Balaban J connectivity index is 2.07. The fourth-order valence-electron chi connectivity index (χ4n) is 2.92. The molecule has 2 unspecified atom stereocenters. The molecule has 0 aromatic heterocycles. The van der Waals surface area contributed by atoms with Gasteiger partial charge in [0.2, 0.25) is 5.91 Å². The van der Waals surface area contributed by atoms with Crippen molar-refractivity contribution in [3.8, 4) is 6.07 Å². The predicted molar refractivity (Wildman–Crippen MR) is 64.8 cm³/mol. The van der Waals surface area contributed by atoms with Crippen molar-refractivity contribution in [1.82, 2.24) is 4.90 Å². The Kier molecular flexibility index (Phi) is 3.39. The maximum Gasteiger partial charge on any atom is 0.240 e. The van der Waals surface area contributed by atoms with Gasteiger partial charge in [0.05, 0.1) is 12.1 Å². The molecule has 2 N–H and O–H groups in total. The number of nitrogens with two attached hydrogens (primary N) is 1. The molecule has 5 atom stereocenters. The highest BCUT2D eigenvalue weighted by Crippen LogP contribution is 2.44. The van der Waals surface area contributed by atoms with E-state index in [9.17, 15) is 10.1 Å². The van der Waals surface area contributed by atoms with Gasteiger partial charge < -0.3 is 10.6 Å². The lowest BCUT2D eigenvalue weighted by molar-refractivity contribution is -0.133. The van der Waals surface area contributed by atoms with Crippen molar-refractivity contribution in [3.63, 3.8) is 0 Å². The summed E-state index contributed by atoms with van der Waals surface area (Å²) in [7, 11) is 0. The number of fused-ring (bicyclic) bond motifs is 1. The lowest BCUT2D eigenvalue weighted by Gasteiger charge is -2.30. The van der Waals surface area contributed by atoms with Crippen molar-refractivity contribution >= 4 is 5.91 Å².